The van der Waals surface area contributed by atoms with Gasteiger partial charge in [0, 0.05) is 38.2 Å². The molecular weight excluding hydrogens is 352 g/mol. The number of fused-ring (bicyclic) bond motifs is 1. The largest absolute Gasteiger partial charge is 0.348 e. The standard InChI is InChI=1S/C17H18N6O2S/c24-14(19-10-12-5-4-6-18-9-12)13-11-20-16-23(15(13)25)21-17(26-16)22-7-2-1-3-8-22/h4-6,9,11H,1-3,7-8,10H2,(H,19,24). The number of carbonyl (C=O) groups is 1. The van der Waals surface area contributed by atoms with E-state index in [0.717, 1.165) is 36.6 Å². The molecule has 1 aliphatic rings. The molecule has 134 valence electrons. The molecule has 4 rings (SSSR count). The molecule has 0 bridgehead atoms. The van der Waals surface area contributed by atoms with E-state index < -0.39 is 11.5 Å². The summed E-state index contributed by atoms with van der Waals surface area (Å²) in [7, 11) is 0. The number of pyridine rings is 1. The molecule has 9 heteroatoms. The molecule has 1 aliphatic heterocycles. The van der Waals surface area contributed by atoms with Gasteiger partial charge in [-0.25, -0.2) is 4.98 Å². The topological polar surface area (TPSA) is 92.5 Å². The highest BCUT2D eigenvalue weighted by Gasteiger charge is 2.19. The molecule has 3 aromatic heterocycles. The maximum Gasteiger partial charge on any atom is 0.288 e. The lowest BCUT2D eigenvalue weighted by Gasteiger charge is -2.25. The summed E-state index contributed by atoms with van der Waals surface area (Å²) in [5, 5.41) is 7.90. The van der Waals surface area contributed by atoms with E-state index in [0.29, 0.717) is 11.5 Å². The number of rotatable bonds is 4. The number of carbonyl (C=O) groups excluding carboxylic acids is 1. The van der Waals surface area contributed by atoms with Crippen LogP contribution < -0.4 is 15.8 Å². The third-order valence-electron chi connectivity index (χ3n) is 4.32. The van der Waals surface area contributed by atoms with Crippen LogP contribution in [0.2, 0.25) is 0 Å². The Hall–Kier alpha value is -2.81. The third-order valence-corrected chi connectivity index (χ3v) is 5.31. The van der Waals surface area contributed by atoms with E-state index >= 15 is 0 Å². The van der Waals surface area contributed by atoms with E-state index in [1.807, 2.05) is 6.07 Å². The molecule has 0 atom stereocenters. The minimum absolute atomic E-state index is 0.0121. The zero-order valence-corrected chi connectivity index (χ0v) is 14.9. The van der Waals surface area contributed by atoms with E-state index in [2.05, 4.69) is 25.3 Å². The first kappa shape index (κ1) is 16.6. The normalized spacial score (nSPS) is 14.5. The van der Waals surface area contributed by atoms with Crippen molar-refractivity contribution in [2.24, 2.45) is 0 Å². The highest BCUT2D eigenvalue weighted by molar-refractivity contribution is 7.20. The van der Waals surface area contributed by atoms with Gasteiger partial charge >= 0.3 is 0 Å². The van der Waals surface area contributed by atoms with E-state index in [1.54, 1.807) is 18.5 Å². The minimum Gasteiger partial charge on any atom is -0.348 e. The van der Waals surface area contributed by atoms with Crippen molar-refractivity contribution in [3.8, 4) is 0 Å². The molecule has 0 unspecified atom stereocenters. The Kier molecular flexibility index (Phi) is 4.61. The monoisotopic (exact) mass is 370 g/mol. The summed E-state index contributed by atoms with van der Waals surface area (Å²) in [5.74, 6) is -0.465. The van der Waals surface area contributed by atoms with Crippen LogP contribution in [0.1, 0.15) is 35.2 Å². The molecule has 1 saturated heterocycles. The fraction of sp³-hybridized carbons (Fsp3) is 0.353. The third kappa shape index (κ3) is 3.30. The number of hydrogen-bond donors (Lipinski definition) is 1. The molecular formula is C17H18N6O2S. The Morgan fingerprint density at radius 2 is 2.08 bits per heavy atom. The van der Waals surface area contributed by atoms with Crippen LogP contribution in [-0.2, 0) is 6.54 Å². The van der Waals surface area contributed by atoms with Crippen molar-refractivity contribution < 1.29 is 4.79 Å². The molecule has 1 N–H and O–H groups in total. The molecule has 0 saturated carbocycles. The molecule has 26 heavy (non-hydrogen) atoms. The van der Waals surface area contributed by atoms with E-state index in [4.69, 9.17) is 0 Å². The lowest BCUT2D eigenvalue weighted by atomic mass is 10.1. The van der Waals surface area contributed by atoms with Crippen molar-refractivity contribution in [2.45, 2.75) is 25.8 Å². The number of amides is 1. The maximum atomic E-state index is 12.7. The predicted octanol–water partition coefficient (Wildman–Crippen LogP) is 1.47. The van der Waals surface area contributed by atoms with Crippen LogP contribution in [0.3, 0.4) is 0 Å². The summed E-state index contributed by atoms with van der Waals surface area (Å²) in [4.78, 5) is 35.9. The summed E-state index contributed by atoms with van der Waals surface area (Å²) in [5.41, 5.74) is 0.399. The highest BCUT2D eigenvalue weighted by atomic mass is 32.1. The van der Waals surface area contributed by atoms with Crippen LogP contribution in [-0.4, -0.2) is 38.6 Å². The van der Waals surface area contributed by atoms with Gasteiger partial charge in [0.25, 0.3) is 11.5 Å². The molecule has 3 aromatic rings. The Balaban J connectivity index is 1.56. The summed E-state index contributed by atoms with van der Waals surface area (Å²) in [6.07, 6.45) is 8.13. The zero-order chi connectivity index (χ0) is 17.9. The van der Waals surface area contributed by atoms with Gasteiger partial charge in [0.2, 0.25) is 10.1 Å². The average molecular weight is 370 g/mol. The molecule has 0 spiro atoms. The second-order valence-electron chi connectivity index (χ2n) is 6.15. The lowest BCUT2D eigenvalue weighted by molar-refractivity contribution is 0.0948. The molecule has 0 aromatic carbocycles. The van der Waals surface area contributed by atoms with E-state index in [1.165, 1.54) is 28.5 Å². The van der Waals surface area contributed by atoms with Gasteiger partial charge in [0.15, 0.2) is 0 Å². The SMILES string of the molecule is O=C(NCc1cccnc1)c1cnc2sc(N3CCCCC3)nn2c1=O. The predicted molar refractivity (Wildman–Crippen MR) is 98.6 cm³/mol. The highest BCUT2D eigenvalue weighted by Crippen LogP contribution is 2.24. The van der Waals surface area contributed by atoms with Crippen molar-refractivity contribution in [1.82, 2.24) is 24.9 Å². The van der Waals surface area contributed by atoms with Crippen LogP contribution in [0.15, 0.2) is 35.5 Å². The summed E-state index contributed by atoms with van der Waals surface area (Å²) in [6, 6.07) is 3.65. The summed E-state index contributed by atoms with van der Waals surface area (Å²) >= 11 is 1.38. The number of hydrogen-bond acceptors (Lipinski definition) is 7. The average Bonchev–Trinajstić information content (AvgIpc) is 3.13. The Labute approximate surface area is 153 Å². The minimum atomic E-state index is -0.465. The van der Waals surface area contributed by atoms with Gasteiger partial charge in [0.1, 0.15) is 5.56 Å². The fourth-order valence-corrected chi connectivity index (χ4v) is 3.84. The molecule has 1 amide bonds. The van der Waals surface area contributed by atoms with Gasteiger partial charge in [-0.15, -0.1) is 5.10 Å². The van der Waals surface area contributed by atoms with Crippen molar-refractivity contribution in [2.75, 3.05) is 18.0 Å². The number of piperidine rings is 1. The Morgan fingerprint density at radius 1 is 1.23 bits per heavy atom. The first-order valence-electron chi connectivity index (χ1n) is 8.53. The maximum absolute atomic E-state index is 12.7. The molecule has 1 fully saturated rings. The zero-order valence-electron chi connectivity index (χ0n) is 14.1. The van der Waals surface area contributed by atoms with E-state index in [9.17, 15) is 9.59 Å². The van der Waals surface area contributed by atoms with Crippen molar-refractivity contribution in [1.29, 1.82) is 0 Å². The van der Waals surface area contributed by atoms with Crippen LogP contribution in [0, 0.1) is 0 Å². The number of nitrogens with zero attached hydrogens (tertiary/aromatic N) is 5. The smallest absolute Gasteiger partial charge is 0.288 e. The summed E-state index contributed by atoms with van der Waals surface area (Å²) < 4.78 is 1.23. The van der Waals surface area contributed by atoms with Gasteiger partial charge in [0.05, 0.1) is 0 Å². The Morgan fingerprint density at radius 3 is 2.85 bits per heavy atom. The van der Waals surface area contributed by atoms with Crippen molar-refractivity contribution in [3.05, 3.63) is 52.2 Å². The van der Waals surface area contributed by atoms with Gasteiger partial charge in [-0.2, -0.15) is 4.52 Å². The van der Waals surface area contributed by atoms with Gasteiger partial charge in [-0.1, -0.05) is 17.4 Å². The second kappa shape index (κ2) is 7.20. The number of nitrogens with one attached hydrogen (secondary N) is 1. The van der Waals surface area contributed by atoms with Gasteiger partial charge in [-0.05, 0) is 30.9 Å². The fourth-order valence-electron chi connectivity index (χ4n) is 2.93. The number of anilines is 1. The lowest BCUT2D eigenvalue weighted by Crippen LogP contribution is -2.32. The van der Waals surface area contributed by atoms with E-state index in [-0.39, 0.29) is 5.56 Å². The van der Waals surface area contributed by atoms with Crippen LogP contribution in [0.5, 0.6) is 0 Å². The quantitative estimate of drug-likeness (QED) is 0.748. The first-order valence-corrected chi connectivity index (χ1v) is 9.35. The molecule has 0 aliphatic carbocycles. The Bertz CT molecular complexity index is 978. The van der Waals surface area contributed by atoms with Crippen molar-refractivity contribution in [3.63, 3.8) is 0 Å². The summed E-state index contributed by atoms with van der Waals surface area (Å²) in [6.45, 7) is 2.17. The number of aromatic nitrogens is 4. The molecule has 0 radical (unpaired) electrons. The second-order valence-corrected chi connectivity index (χ2v) is 7.08. The van der Waals surface area contributed by atoms with Gasteiger partial charge < -0.3 is 10.2 Å². The first-order chi connectivity index (χ1) is 12.7. The van der Waals surface area contributed by atoms with Gasteiger partial charge in [-0.3, -0.25) is 14.6 Å². The molecule has 4 heterocycles. The van der Waals surface area contributed by atoms with Crippen molar-refractivity contribution >= 4 is 27.3 Å². The van der Waals surface area contributed by atoms with Crippen LogP contribution >= 0.6 is 11.3 Å². The van der Waals surface area contributed by atoms with Crippen LogP contribution in [0.25, 0.3) is 4.96 Å². The van der Waals surface area contributed by atoms with Crippen LogP contribution in [0.4, 0.5) is 5.13 Å². The molecule has 8 nitrogen and oxygen atoms in total.